The van der Waals surface area contributed by atoms with Gasteiger partial charge in [0.25, 0.3) is 5.91 Å². The van der Waals surface area contributed by atoms with Gasteiger partial charge in [-0.15, -0.1) is 0 Å². The second-order valence-corrected chi connectivity index (χ2v) is 6.85. The van der Waals surface area contributed by atoms with Crippen molar-refractivity contribution in [1.82, 2.24) is 4.90 Å². The molecule has 0 saturated carbocycles. The summed E-state index contributed by atoms with van der Waals surface area (Å²) in [5, 5.41) is 4.00. The van der Waals surface area contributed by atoms with E-state index in [-0.39, 0.29) is 18.2 Å². The average Bonchev–Trinajstić information content (AvgIpc) is 2.57. The summed E-state index contributed by atoms with van der Waals surface area (Å²) in [6, 6.07) is 10.1. The zero-order valence-electron chi connectivity index (χ0n) is 13.8. The third-order valence-electron chi connectivity index (χ3n) is 3.55. The lowest BCUT2D eigenvalue weighted by Gasteiger charge is -2.13. The molecule has 0 radical (unpaired) electrons. The summed E-state index contributed by atoms with van der Waals surface area (Å²) in [7, 11) is 3.31. The fraction of sp³-hybridized carbons (Fsp3) is 0.222. The van der Waals surface area contributed by atoms with Gasteiger partial charge in [0, 0.05) is 26.1 Å². The Morgan fingerprint density at radius 1 is 1.04 bits per heavy atom. The Kier molecular flexibility index (Phi) is 6.71. The summed E-state index contributed by atoms with van der Waals surface area (Å²) in [5.41, 5.74) is 1.64. The van der Waals surface area contributed by atoms with E-state index in [4.69, 9.17) is 34.8 Å². The van der Waals surface area contributed by atoms with E-state index in [0.717, 1.165) is 5.56 Å². The van der Waals surface area contributed by atoms with Crippen molar-refractivity contribution >= 4 is 52.3 Å². The molecule has 0 spiro atoms. The van der Waals surface area contributed by atoms with Crippen molar-refractivity contribution in [3.05, 3.63) is 62.6 Å². The molecule has 0 saturated heterocycles. The van der Waals surface area contributed by atoms with Crippen molar-refractivity contribution in [3.63, 3.8) is 0 Å². The fourth-order valence-corrected chi connectivity index (χ4v) is 2.79. The van der Waals surface area contributed by atoms with E-state index in [0.29, 0.717) is 32.7 Å². The second kappa shape index (κ2) is 8.56. The molecule has 0 heterocycles. The summed E-state index contributed by atoms with van der Waals surface area (Å²) in [4.78, 5) is 25.7. The predicted molar refractivity (Wildman–Crippen MR) is 103 cm³/mol. The molecule has 0 fully saturated rings. The Morgan fingerprint density at radius 2 is 1.76 bits per heavy atom. The molecular weight excluding hydrogens is 383 g/mol. The van der Waals surface area contributed by atoms with Crippen LogP contribution in [0.2, 0.25) is 15.1 Å². The minimum absolute atomic E-state index is 0.169. The first-order chi connectivity index (χ1) is 11.8. The third-order valence-corrected chi connectivity index (χ3v) is 4.73. The van der Waals surface area contributed by atoms with E-state index in [9.17, 15) is 9.59 Å². The van der Waals surface area contributed by atoms with Gasteiger partial charge in [0.1, 0.15) is 0 Å². The van der Waals surface area contributed by atoms with Gasteiger partial charge in [0.15, 0.2) is 0 Å². The highest BCUT2D eigenvalue weighted by Gasteiger charge is 2.13. The molecule has 7 heteroatoms. The van der Waals surface area contributed by atoms with Gasteiger partial charge in [-0.05, 0) is 36.2 Å². The van der Waals surface area contributed by atoms with Gasteiger partial charge < -0.3 is 10.2 Å². The lowest BCUT2D eigenvalue weighted by Crippen LogP contribution is -2.22. The number of benzene rings is 2. The van der Waals surface area contributed by atoms with Crippen LogP contribution in [-0.2, 0) is 11.2 Å². The molecule has 2 aromatic rings. The maximum Gasteiger partial charge on any atom is 0.253 e. The third kappa shape index (κ3) is 5.11. The Balaban J connectivity index is 2.06. The number of aryl methyl sites for hydroxylation is 1. The zero-order valence-corrected chi connectivity index (χ0v) is 16.0. The molecule has 0 aliphatic rings. The smallest absolute Gasteiger partial charge is 0.253 e. The van der Waals surface area contributed by atoms with E-state index in [2.05, 4.69) is 5.32 Å². The van der Waals surface area contributed by atoms with Crippen LogP contribution < -0.4 is 5.32 Å². The van der Waals surface area contributed by atoms with Crippen LogP contribution in [0.1, 0.15) is 22.3 Å². The Bertz CT molecular complexity index is 807. The van der Waals surface area contributed by atoms with Crippen LogP contribution >= 0.6 is 34.8 Å². The van der Waals surface area contributed by atoms with Crippen LogP contribution in [0.3, 0.4) is 0 Å². The molecule has 25 heavy (non-hydrogen) atoms. The number of carbonyl (C=O) groups is 2. The molecule has 2 aromatic carbocycles. The van der Waals surface area contributed by atoms with Crippen LogP contribution in [-0.4, -0.2) is 30.8 Å². The fourth-order valence-electron chi connectivity index (χ4n) is 2.21. The number of hydrogen-bond acceptors (Lipinski definition) is 2. The number of nitrogens with zero attached hydrogens (tertiary/aromatic N) is 1. The minimum atomic E-state index is -0.229. The molecule has 132 valence electrons. The normalized spacial score (nSPS) is 10.4. The topological polar surface area (TPSA) is 49.4 Å². The van der Waals surface area contributed by atoms with E-state index in [1.54, 1.807) is 44.4 Å². The Hall–Kier alpha value is -1.75. The average molecular weight is 400 g/mol. The van der Waals surface area contributed by atoms with Crippen molar-refractivity contribution in [1.29, 1.82) is 0 Å². The number of nitrogens with one attached hydrogen (secondary N) is 1. The molecule has 0 atom stereocenters. The van der Waals surface area contributed by atoms with Crippen LogP contribution in [0, 0.1) is 0 Å². The molecule has 0 aliphatic heterocycles. The summed E-state index contributed by atoms with van der Waals surface area (Å²) in [6.45, 7) is 0. The van der Waals surface area contributed by atoms with E-state index >= 15 is 0 Å². The largest absolute Gasteiger partial charge is 0.345 e. The lowest BCUT2D eigenvalue weighted by molar-refractivity contribution is -0.116. The number of amides is 2. The molecular formula is C18H17Cl3N2O2. The Morgan fingerprint density at radius 3 is 2.44 bits per heavy atom. The quantitative estimate of drug-likeness (QED) is 0.776. The van der Waals surface area contributed by atoms with E-state index in [1.165, 1.54) is 4.90 Å². The highest BCUT2D eigenvalue weighted by Crippen LogP contribution is 2.27. The van der Waals surface area contributed by atoms with Gasteiger partial charge in [-0.2, -0.15) is 0 Å². The number of carbonyl (C=O) groups excluding carboxylic acids is 2. The van der Waals surface area contributed by atoms with Gasteiger partial charge in [0.2, 0.25) is 5.91 Å². The van der Waals surface area contributed by atoms with Gasteiger partial charge in [0.05, 0.1) is 20.8 Å². The van der Waals surface area contributed by atoms with E-state index in [1.807, 2.05) is 6.07 Å². The first kappa shape index (κ1) is 19.6. The number of rotatable bonds is 5. The predicted octanol–water partition coefficient (Wildman–Crippen LogP) is 4.92. The molecule has 1 N–H and O–H groups in total. The van der Waals surface area contributed by atoms with E-state index < -0.39 is 0 Å². The first-order valence-corrected chi connectivity index (χ1v) is 8.67. The van der Waals surface area contributed by atoms with Gasteiger partial charge in [-0.3, -0.25) is 9.59 Å². The highest BCUT2D eigenvalue weighted by atomic mass is 35.5. The van der Waals surface area contributed by atoms with Crippen molar-refractivity contribution in [2.45, 2.75) is 12.8 Å². The second-order valence-electron chi connectivity index (χ2n) is 5.66. The number of halogens is 3. The number of anilines is 1. The van der Waals surface area contributed by atoms with Crippen molar-refractivity contribution in [2.24, 2.45) is 0 Å². The van der Waals surface area contributed by atoms with Gasteiger partial charge in [-0.25, -0.2) is 0 Å². The first-order valence-electron chi connectivity index (χ1n) is 7.53. The number of hydrogen-bond donors (Lipinski definition) is 1. The van der Waals surface area contributed by atoms with Gasteiger partial charge >= 0.3 is 0 Å². The van der Waals surface area contributed by atoms with Crippen molar-refractivity contribution in [3.8, 4) is 0 Å². The molecule has 0 bridgehead atoms. The summed E-state index contributed by atoms with van der Waals surface area (Å²) in [6.07, 6.45) is 0.654. The van der Waals surface area contributed by atoms with Crippen LogP contribution in [0.4, 0.5) is 5.69 Å². The maximum atomic E-state index is 12.2. The zero-order chi connectivity index (χ0) is 18.6. The molecule has 2 rings (SSSR count). The SMILES string of the molecule is CN(C)C(=O)c1ccc(Cl)c(NC(=O)CCc2cccc(Cl)c2Cl)c1. The molecule has 0 aliphatic carbocycles. The summed E-state index contributed by atoms with van der Waals surface area (Å²) < 4.78 is 0. The molecule has 0 unspecified atom stereocenters. The van der Waals surface area contributed by atoms with Crippen LogP contribution in [0.15, 0.2) is 36.4 Å². The van der Waals surface area contributed by atoms with Crippen LogP contribution in [0.25, 0.3) is 0 Å². The lowest BCUT2D eigenvalue weighted by atomic mass is 10.1. The maximum absolute atomic E-state index is 12.2. The minimum Gasteiger partial charge on any atom is -0.345 e. The molecule has 4 nitrogen and oxygen atoms in total. The van der Waals surface area contributed by atoms with Crippen molar-refractivity contribution in [2.75, 3.05) is 19.4 Å². The molecule has 0 aromatic heterocycles. The van der Waals surface area contributed by atoms with Gasteiger partial charge in [-0.1, -0.05) is 46.9 Å². The summed E-state index contributed by atoms with van der Waals surface area (Å²) in [5.74, 6) is -0.398. The Labute approximate surface area is 161 Å². The monoisotopic (exact) mass is 398 g/mol. The summed E-state index contributed by atoms with van der Waals surface area (Å²) >= 11 is 18.2. The standard InChI is InChI=1S/C18H17Cl3N2O2/c1-23(2)18(25)12-6-8-13(19)15(10-12)22-16(24)9-7-11-4-3-5-14(20)17(11)21/h3-6,8,10H,7,9H2,1-2H3,(H,22,24). The van der Waals surface area contributed by atoms with Crippen molar-refractivity contribution < 1.29 is 9.59 Å². The highest BCUT2D eigenvalue weighted by molar-refractivity contribution is 6.42. The van der Waals surface area contributed by atoms with Crippen LogP contribution in [0.5, 0.6) is 0 Å². The molecule has 2 amide bonds.